The Hall–Kier alpha value is -1.93. The highest BCUT2D eigenvalue weighted by Crippen LogP contribution is 2.14. The number of benzene rings is 1. The summed E-state index contributed by atoms with van der Waals surface area (Å²) in [6.07, 6.45) is 0. The number of sulfonamides is 1. The molecule has 0 fully saturated rings. The first-order chi connectivity index (χ1) is 9.78. The zero-order chi connectivity index (χ0) is 16.0. The van der Waals surface area contributed by atoms with E-state index in [0.717, 1.165) is 18.3 Å². The van der Waals surface area contributed by atoms with Crippen LogP contribution < -0.4 is 0 Å². The average molecular weight is 315 g/mol. The minimum Gasteiger partial charge on any atom is -0.480 e. The minimum atomic E-state index is -4.17. The maximum Gasteiger partial charge on any atom is 0.323 e. The predicted octanol–water partition coefficient (Wildman–Crippen LogP) is 0.465. The number of carboxylic acids is 1. The van der Waals surface area contributed by atoms with Crippen molar-refractivity contribution >= 4 is 22.0 Å². The fourth-order valence-electron chi connectivity index (χ4n) is 1.58. The van der Waals surface area contributed by atoms with Crippen LogP contribution in [0.3, 0.4) is 0 Å². The Morgan fingerprint density at radius 2 is 1.86 bits per heavy atom. The molecule has 1 unspecified atom stereocenters. The summed E-state index contributed by atoms with van der Waals surface area (Å²) in [7, 11) is -3.04. The first kappa shape index (κ1) is 17.1. The summed E-state index contributed by atoms with van der Waals surface area (Å²) in [6.45, 7) is 0.425. The molecular formula is C13H17NO6S. The smallest absolute Gasteiger partial charge is 0.323 e. The first-order valence-electron chi connectivity index (χ1n) is 6.11. The van der Waals surface area contributed by atoms with Crippen LogP contribution in [0.2, 0.25) is 0 Å². The molecular weight excluding hydrogens is 298 g/mol. The normalized spacial score (nSPS) is 12.9. The molecule has 0 saturated heterocycles. The summed E-state index contributed by atoms with van der Waals surface area (Å²) in [6, 6.07) is 8.58. The van der Waals surface area contributed by atoms with Crippen LogP contribution in [0.1, 0.15) is 12.5 Å². The molecule has 7 nitrogen and oxygen atoms in total. The van der Waals surface area contributed by atoms with Crippen molar-refractivity contribution in [1.29, 1.82) is 0 Å². The number of rotatable bonds is 7. The molecule has 0 amide bonds. The van der Waals surface area contributed by atoms with E-state index in [4.69, 9.17) is 5.11 Å². The van der Waals surface area contributed by atoms with Gasteiger partial charge in [-0.1, -0.05) is 30.3 Å². The SMILES string of the molecule is COC(=O)CN(Cc1ccccc1)S(=O)(=O)C(C)C(=O)O. The van der Waals surface area contributed by atoms with Gasteiger partial charge in [0, 0.05) is 6.54 Å². The third-order valence-electron chi connectivity index (χ3n) is 2.89. The third-order valence-corrected chi connectivity index (χ3v) is 4.96. The van der Waals surface area contributed by atoms with Gasteiger partial charge in [-0.3, -0.25) is 9.59 Å². The highest BCUT2D eigenvalue weighted by atomic mass is 32.2. The number of methoxy groups -OCH3 is 1. The Kier molecular flexibility index (Phi) is 5.86. The van der Waals surface area contributed by atoms with Crippen LogP contribution in [-0.2, 0) is 30.9 Å². The van der Waals surface area contributed by atoms with Crippen LogP contribution in [-0.4, -0.2) is 48.7 Å². The van der Waals surface area contributed by atoms with E-state index in [1.54, 1.807) is 30.3 Å². The molecule has 0 bridgehead atoms. The number of nitrogens with zero attached hydrogens (tertiary/aromatic N) is 1. The summed E-state index contributed by atoms with van der Waals surface area (Å²) in [4.78, 5) is 22.3. The third kappa shape index (κ3) is 4.54. The molecule has 0 heterocycles. The van der Waals surface area contributed by atoms with E-state index in [0.29, 0.717) is 5.56 Å². The van der Waals surface area contributed by atoms with Gasteiger partial charge in [0.1, 0.15) is 6.54 Å². The van der Waals surface area contributed by atoms with Crippen molar-refractivity contribution in [3.63, 3.8) is 0 Å². The van der Waals surface area contributed by atoms with Gasteiger partial charge in [-0.05, 0) is 12.5 Å². The number of aliphatic carboxylic acids is 1. The molecule has 1 N–H and O–H groups in total. The fourth-order valence-corrected chi connectivity index (χ4v) is 2.90. The summed E-state index contributed by atoms with van der Waals surface area (Å²) < 4.78 is 29.8. The van der Waals surface area contributed by atoms with E-state index >= 15 is 0 Å². The molecule has 1 rings (SSSR count). The van der Waals surface area contributed by atoms with Gasteiger partial charge >= 0.3 is 11.9 Å². The number of carbonyl (C=O) groups is 2. The van der Waals surface area contributed by atoms with Crippen molar-refractivity contribution in [2.45, 2.75) is 18.7 Å². The van der Waals surface area contributed by atoms with Gasteiger partial charge in [0.15, 0.2) is 5.25 Å². The highest BCUT2D eigenvalue weighted by Gasteiger charge is 2.35. The molecule has 0 saturated carbocycles. The van der Waals surface area contributed by atoms with Crippen LogP contribution in [0.5, 0.6) is 0 Å². The second kappa shape index (κ2) is 7.19. The van der Waals surface area contributed by atoms with Crippen molar-refractivity contribution in [3.05, 3.63) is 35.9 Å². The number of ether oxygens (including phenoxy) is 1. The van der Waals surface area contributed by atoms with Crippen LogP contribution in [0.15, 0.2) is 30.3 Å². The quantitative estimate of drug-likeness (QED) is 0.734. The molecule has 8 heteroatoms. The number of esters is 1. The molecule has 1 aromatic rings. The summed E-state index contributed by atoms with van der Waals surface area (Å²) in [5.41, 5.74) is 0.641. The van der Waals surface area contributed by atoms with Gasteiger partial charge in [0.25, 0.3) is 0 Å². The molecule has 0 radical (unpaired) electrons. The summed E-state index contributed by atoms with van der Waals surface area (Å²) >= 11 is 0. The summed E-state index contributed by atoms with van der Waals surface area (Å²) in [5.74, 6) is -2.23. The van der Waals surface area contributed by atoms with E-state index in [-0.39, 0.29) is 6.54 Å². The molecule has 1 aromatic carbocycles. The van der Waals surface area contributed by atoms with Crippen molar-refractivity contribution in [2.75, 3.05) is 13.7 Å². The van der Waals surface area contributed by atoms with Crippen LogP contribution in [0.4, 0.5) is 0 Å². The Labute approximate surface area is 123 Å². The number of hydrogen-bond donors (Lipinski definition) is 1. The van der Waals surface area contributed by atoms with Crippen LogP contribution >= 0.6 is 0 Å². The largest absolute Gasteiger partial charge is 0.480 e. The molecule has 0 aliphatic rings. The molecule has 1 atom stereocenters. The Morgan fingerprint density at radius 1 is 1.29 bits per heavy atom. The Morgan fingerprint density at radius 3 is 2.33 bits per heavy atom. The van der Waals surface area contributed by atoms with Crippen molar-refractivity contribution in [2.24, 2.45) is 0 Å². The summed E-state index contributed by atoms with van der Waals surface area (Å²) in [5, 5.41) is 7.25. The highest BCUT2D eigenvalue weighted by molar-refractivity contribution is 7.90. The zero-order valence-corrected chi connectivity index (χ0v) is 12.5. The molecule has 0 aromatic heterocycles. The predicted molar refractivity (Wildman–Crippen MR) is 74.9 cm³/mol. The number of hydrogen-bond acceptors (Lipinski definition) is 5. The maximum absolute atomic E-state index is 12.3. The second-order valence-electron chi connectivity index (χ2n) is 4.36. The topological polar surface area (TPSA) is 101 Å². The monoisotopic (exact) mass is 315 g/mol. The average Bonchev–Trinajstić information content (AvgIpc) is 2.46. The van der Waals surface area contributed by atoms with Crippen LogP contribution in [0, 0.1) is 0 Å². The Balaban J connectivity index is 3.07. The number of carbonyl (C=O) groups excluding carboxylic acids is 1. The zero-order valence-electron chi connectivity index (χ0n) is 11.7. The van der Waals surface area contributed by atoms with Crippen LogP contribution in [0.25, 0.3) is 0 Å². The lowest BCUT2D eigenvalue weighted by Gasteiger charge is -2.23. The van der Waals surface area contributed by atoms with Crippen molar-refractivity contribution in [3.8, 4) is 0 Å². The van der Waals surface area contributed by atoms with Gasteiger partial charge in [-0.15, -0.1) is 0 Å². The lowest BCUT2D eigenvalue weighted by atomic mass is 10.2. The fraction of sp³-hybridized carbons (Fsp3) is 0.385. The van der Waals surface area contributed by atoms with Gasteiger partial charge < -0.3 is 9.84 Å². The number of carboxylic acid groups (broad SMARTS) is 1. The van der Waals surface area contributed by atoms with Gasteiger partial charge in [0.05, 0.1) is 7.11 Å². The molecule has 116 valence electrons. The van der Waals surface area contributed by atoms with E-state index in [2.05, 4.69) is 4.74 Å². The maximum atomic E-state index is 12.3. The first-order valence-corrected chi connectivity index (χ1v) is 7.62. The standard InChI is InChI=1S/C13H17NO6S/c1-10(13(16)17)21(18,19)14(9-12(15)20-2)8-11-6-4-3-5-7-11/h3-7,10H,8-9H2,1-2H3,(H,16,17). The van der Waals surface area contributed by atoms with Crippen molar-refractivity contribution in [1.82, 2.24) is 4.31 Å². The van der Waals surface area contributed by atoms with Gasteiger partial charge in [-0.2, -0.15) is 4.31 Å². The minimum absolute atomic E-state index is 0.101. The van der Waals surface area contributed by atoms with Gasteiger partial charge in [0.2, 0.25) is 10.0 Å². The second-order valence-corrected chi connectivity index (χ2v) is 6.61. The molecule has 21 heavy (non-hydrogen) atoms. The van der Waals surface area contributed by atoms with E-state index in [1.165, 1.54) is 0 Å². The van der Waals surface area contributed by atoms with Gasteiger partial charge in [-0.25, -0.2) is 8.42 Å². The van der Waals surface area contributed by atoms with E-state index in [1.807, 2.05) is 0 Å². The Bertz CT molecular complexity index is 598. The molecule has 0 aliphatic carbocycles. The van der Waals surface area contributed by atoms with Crippen molar-refractivity contribution < 1.29 is 27.9 Å². The van der Waals surface area contributed by atoms with E-state index < -0.39 is 33.8 Å². The lowest BCUT2D eigenvalue weighted by Crippen LogP contribution is -2.43. The van der Waals surface area contributed by atoms with E-state index in [9.17, 15) is 18.0 Å². The molecule has 0 aliphatic heterocycles. The lowest BCUT2D eigenvalue weighted by molar-refractivity contribution is -0.141. The molecule has 0 spiro atoms.